The van der Waals surface area contributed by atoms with Gasteiger partial charge in [-0.05, 0) is 50.4 Å². The van der Waals surface area contributed by atoms with Crippen molar-refractivity contribution >= 4 is 22.3 Å². The number of fused-ring (bicyclic) bond motifs is 2. The fourth-order valence-corrected chi connectivity index (χ4v) is 6.22. The number of rotatable bonds is 6. The van der Waals surface area contributed by atoms with Gasteiger partial charge in [0.25, 0.3) is 0 Å². The molecule has 0 radical (unpaired) electrons. The molecule has 3 aliphatic rings. The van der Waals surface area contributed by atoms with Crippen LogP contribution in [0, 0.1) is 22.7 Å². The van der Waals surface area contributed by atoms with Crippen molar-refractivity contribution in [1.82, 2.24) is 20.2 Å². The lowest BCUT2D eigenvalue weighted by molar-refractivity contribution is 0.187. The summed E-state index contributed by atoms with van der Waals surface area (Å²) in [6.07, 6.45) is 3.58. The van der Waals surface area contributed by atoms with Crippen molar-refractivity contribution in [3.05, 3.63) is 53.2 Å². The Hall–Kier alpha value is -3.92. The number of piperazine rings is 1. The number of nitriles is 2. The summed E-state index contributed by atoms with van der Waals surface area (Å²) in [5.41, 5.74) is 3.88. The van der Waals surface area contributed by atoms with Crippen molar-refractivity contribution in [3.8, 4) is 18.1 Å². The first-order valence-corrected chi connectivity index (χ1v) is 13.9. The number of nitrogens with one attached hydrogen (secondary N) is 1. The number of benzene rings is 2. The molecule has 0 amide bonds. The molecule has 3 aliphatic heterocycles. The molecule has 4 heterocycles. The molecular weight excluding hydrogens is 488 g/mol. The van der Waals surface area contributed by atoms with Crippen molar-refractivity contribution in [3.63, 3.8) is 0 Å². The summed E-state index contributed by atoms with van der Waals surface area (Å²) >= 11 is 0. The van der Waals surface area contributed by atoms with Crippen LogP contribution >= 0.6 is 0 Å². The summed E-state index contributed by atoms with van der Waals surface area (Å²) in [6.45, 7) is 5.48. The van der Waals surface area contributed by atoms with Gasteiger partial charge >= 0.3 is 6.01 Å². The maximum atomic E-state index is 9.82. The van der Waals surface area contributed by atoms with Gasteiger partial charge in [0.05, 0.1) is 36.4 Å². The molecular formula is C30H34N8O. The fraction of sp³-hybridized carbons (Fsp3) is 0.467. The second-order valence-electron chi connectivity index (χ2n) is 10.8. The number of nitrogens with zero attached hydrogens (tertiary/aromatic N) is 7. The quantitative estimate of drug-likeness (QED) is 0.522. The Kier molecular flexibility index (Phi) is 7.19. The van der Waals surface area contributed by atoms with Gasteiger partial charge in [-0.3, -0.25) is 0 Å². The first-order chi connectivity index (χ1) is 19.1. The zero-order valence-electron chi connectivity index (χ0n) is 22.4. The Balaban J connectivity index is 1.35. The molecule has 0 aliphatic carbocycles. The lowest BCUT2D eigenvalue weighted by Gasteiger charge is -2.37. The molecule has 2 fully saturated rings. The van der Waals surface area contributed by atoms with E-state index in [9.17, 15) is 10.5 Å². The number of hydrogen-bond donors (Lipinski definition) is 1. The molecule has 9 heteroatoms. The van der Waals surface area contributed by atoms with Crippen LogP contribution in [0.4, 0.5) is 11.5 Å². The molecule has 39 heavy (non-hydrogen) atoms. The summed E-state index contributed by atoms with van der Waals surface area (Å²) in [4.78, 5) is 16.9. The molecule has 0 saturated carbocycles. The van der Waals surface area contributed by atoms with E-state index in [1.54, 1.807) is 0 Å². The van der Waals surface area contributed by atoms with Crippen LogP contribution in [0.15, 0.2) is 36.4 Å². The molecule has 200 valence electrons. The minimum absolute atomic E-state index is 0.117. The Bertz CT molecular complexity index is 1440. The molecule has 2 aromatic carbocycles. The van der Waals surface area contributed by atoms with Crippen molar-refractivity contribution in [1.29, 1.82) is 10.5 Å². The average Bonchev–Trinajstić information content (AvgIpc) is 3.39. The number of ether oxygens (including phenoxy) is 1. The third-order valence-corrected chi connectivity index (χ3v) is 8.34. The van der Waals surface area contributed by atoms with Crippen LogP contribution in [0.5, 0.6) is 6.01 Å². The first-order valence-electron chi connectivity index (χ1n) is 13.9. The Morgan fingerprint density at radius 1 is 1.08 bits per heavy atom. The molecule has 6 rings (SSSR count). The van der Waals surface area contributed by atoms with Crippen LogP contribution in [0.3, 0.4) is 0 Å². The van der Waals surface area contributed by atoms with Crippen molar-refractivity contribution < 1.29 is 4.74 Å². The highest BCUT2D eigenvalue weighted by Gasteiger charge is 2.30. The summed E-state index contributed by atoms with van der Waals surface area (Å²) < 4.78 is 6.26. The van der Waals surface area contributed by atoms with Crippen LogP contribution in [0.25, 0.3) is 10.8 Å². The van der Waals surface area contributed by atoms with Gasteiger partial charge in [-0.25, -0.2) is 0 Å². The summed E-state index contributed by atoms with van der Waals surface area (Å²) in [5, 5.41) is 24.6. The van der Waals surface area contributed by atoms with Gasteiger partial charge in [0.2, 0.25) is 0 Å². The van der Waals surface area contributed by atoms with E-state index in [2.05, 4.69) is 63.5 Å². The minimum atomic E-state index is 0.117. The van der Waals surface area contributed by atoms with Gasteiger partial charge in [-0.2, -0.15) is 20.5 Å². The minimum Gasteiger partial charge on any atom is -0.462 e. The second-order valence-corrected chi connectivity index (χ2v) is 10.8. The Morgan fingerprint density at radius 3 is 2.74 bits per heavy atom. The molecule has 0 bridgehead atoms. The smallest absolute Gasteiger partial charge is 0.318 e. The maximum Gasteiger partial charge on any atom is 0.318 e. The predicted molar refractivity (Wildman–Crippen MR) is 151 cm³/mol. The lowest BCUT2D eigenvalue weighted by Crippen LogP contribution is -2.51. The average molecular weight is 523 g/mol. The van der Waals surface area contributed by atoms with Gasteiger partial charge < -0.3 is 24.8 Å². The molecule has 0 spiro atoms. The van der Waals surface area contributed by atoms with E-state index in [0.717, 1.165) is 79.1 Å². The largest absolute Gasteiger partial charge is 0.462 e. The number of likely N-dealkylation sites (tertiary alicyclic amines) is 1. The van der Waals surface area contributed by atoms with E-state index in [4.69, 9.17) is 14.7 Å². The highest BCUT2D eigenvalue weighted by molar-refractivity contribution is 5.98. The standard InChI is InChI=1S/C30H34N8O/c1-36-14-4-8-24(36)20-39-30-34-26-19-37(27-9-3-6-21-5-2-7-22(17-32)28(21)27)15-11-25(26)29(35-30)38-16-13-33-23(18-38)10-12-31/h2-3,5-7,9,23-24,33H,4,8,10-11,13-16,18-20H2,1H3. The van der Waals surface area contributed by atoms with Crippen LogP contribution in [0.1, 0.15) is 36.1 Å². The number of aromatic nitrogens is 2. The summed E-state index contributed by atoms with van der Waals surface area (Å²) in [7, 11) is 2.15. The summed E-state index contributed by atoms with van der Waals surface area (Å²) in [6, 6.07) is 17.7. The van der Waals surface area contributed by atoms with Crippen molar-refractivity contribution in [2.45, 2.75) is 44.3 Å². The maximum absolute atomic E-state index is 9.82. The van der Waals surface area contributed by atoms with Gasteiger partial charge in [-0.1, -0.05) is 24.3 Å². The lowest BCUT2D eigenvalue weighted by atomic mass is 9.99. The highest BCUT2D eigenvalue weighted by atomic mass is 16.5. The van der Waals surface area contributed by atoms with E-state index < -0.39 is 0 Å². The van der Waals surface area contributed by atoms with Gasteiger partial charge in [0, 0.05) is 54.9 Å². The van der Waals surface area contributed by atoms with Crippen molar-refractivity contribution in [2.75, 3.05) is 56.2 Å². The number of anilines is 2. The van der Waals surface area contributed by atoms with E-state index in [1.807, 2.05) is 12.1 Å². The van der Waals surface area contributed by atoms with Crippen LogP contribution in [0.2, 0.25) is 0 Å². The fourth-order valence-electron chi connectivity index (χ4n) is 6.22. The highest BCUT2D eigenvalue weighted by Crippen LogP contribution is 2.35. The van der Waals surface area contributed by atoms with E-state index in [1.165, 1.54) is 6.42 Å². The third-order valence-electron chi connectivity index (χ3n) is 8.34. The first kappa shape index (κ1) is 25.4. The zero-order valence-corrected chi connectivity index (χ0v) is 22.4. The topological polar surface area (TPSA) is 104 Å². The zero-order chi connectivity index (χ0) is 26.8. The SMILES string of the molecule is CN1CCCC1COc1nc2c(c(N3CCNC(CC#N)C3)n1)CCN(c1cccc3cccc(C#N)c13)C2. The second kappa shape index (κ2) is 11.1. The van der Waals surface area contributed by atoms with Crippen LogP contribution < -0.4 is 19.9 Å². The molecule has 9 nitrogen and oxygen atoms in total. The van der Waals surface area contributed by atoms with Crippen molar-refractivity contribution in [2.24, 2.45) is 0 Å². The van der Waals surface area contributed by atoms with Gasteiger partial charge in [0.1, 0.15) is 12.4 Å². The normalized spacial score (nSPS) is 21.4. The Labute approximate surface area is 229 Å². The molecule has 2 saturated heterocycles. The van der Waals surface area contributed by atoms with Gasteiger partial charge in [0.15, 0.2) is 0 Å². The van der Waals surface area contributed by atoms with Gasteiger partial charge in [-0.15, -0.1) is 0 Å². The molecule has 3 aromatic rings. The molecule has 2 unspecified atom stereocenters. The van der Waals surface area contributed by atoms with E-state index in [-0.39, 0.29) is 6.04 Å². The molecule has 2 atom stereocenters. The molecule has 1 aromatic heterocycles. The predicted octanol–water partition coefficient (Wildman–Crippen LogP) is 3.23. The number of hydrogen-bond acceptors (Lipinski definition) is 9. The van der Waals surface area contributed by atoms with Crippen LogP contribution in [-0.4, -0.2) is 73.3 Å². The molecule has 1 N–H and O–H groups in total. The third kappa shape index (κ3) is 5.08. The number of likely N-dealkylation sites (N-methyl/N-ethyl adjacent to an activating group) is 1. The van der Waals surface area contributed by atoms with E-state index in [0.29, 0.717) is 37.2 Å². The monoisotopic (exact) mass is 522 g/mol. The summed E-state index contributed by atoms with van der Waals surface area (Å²) in [5.74, 6) is 0.939. The Morgan fingerprint density at radius 2 is 1.95 bits per heavy atom. The van der Waals surface area contributed by atoms with Crippen LogP contribution in [-0.2, 0) is 13.0 Å². The van der Waals surface area contributed by atoms with E-state index >= 15 is 0 Å².